The summed E-state index contributed by atoms with van der Waals surface area (Å²) >= 11 is 0. The third kappa shape index (κ3) is 3.16. The van der Waals surface area contributed by atoms with Crippen molar-refractivity contribution in [2.75, 3.05) is 13.2 Å². The van der Waals surface area contributed by atoms with Gasteiger partial charge >= 0.3 is 0 Å². The number of benzene rings is 1. The second-order valence-corrected chi connectivity index (χ2v) is 5.20. The second-order valence-electron chi connectivity index (χ2n) is 5.20. The number of nitrogens with one attached hydrogen (secondary N) is 1. The highest BCUT2D eigenvalue weighted by Gasteiger charge is 2.36. The SMILES string of the molecule is CC(NC(=O)C1(N)CCOCC1)c1ccc(C#N)cc1. The minimum Gasteiger partial charge on any atom is -0.381 e. The molecule has 1 unspecified atom stereocenters. The number of nitrogens with zero attached hydrogens (tertiary/aromatic N) is 1. The number of hydrogen-bond acceptors (Lipinski definition) is 4. The molecule has 1 aromatic carbocycles. The molecule has 0 aromatic heterocycles. The Balaban J connectivity index is 2.01. The highest BCUT2D eigenvalue weighted by Crippen LogP contribution is 2.20. The van der Waals surface area contributed by atoms with Crippen LogP contribution in [-0.2, 0) is 9.53 Å². The maximum Gasteiger partial charge on any atom is 0.240 e. The van der Waals surface area contributed by atoms with E-state index in [1.165, 1.54) is 0 Å². The van der Waals surface area contributed by atoms with Crippen LogP contribution in [0.4, 0.5) is 0 Å². The van der Waals surface area contributed by atoms with E-state index < -0.39 is 5.54 Å². The quantitative estimate of drug-likeness (QED) is 0.867. The molecule has 1 heterocycles. The Bertz CT molecular complexity index is 513. The van der Waals surface area contributed by atoms with E-state index in [1.54, 1.807) is 12.1 Å². The molecule has 1 aliphatic heterocycles. The molecule has 3 N–H and O–H groups in total. The smallest absolute Gasteiger partial charge is 0.240 e. The Hall–Kier alpha value is -1.90. The van der Waals surface area contributed by atoms with Gasteiger partial charge in [-0.1, -0.05) is 12.1 Å². The van der Waals surface area contributed by atoms with Crippen LogP contribution in [0.3, 0.4) is 0 Å². The second kappa shape index (κ2) is 6.04. The number of carbonyl (C=O) groups is 1. The Morgan fingerprint density at radius 3 is 2.55 bits per heavy atom. The first-order valence-electron chi connectivity index (χ1n) is 6.73. The summed E-state index contributed by atoms with van der Waals surface area (Å²) in [6, 6.07) is 9.10. The molecular weight excluding hydrogens is 254 g/mol. The minimum atomic E-state index is -0.834. The van der Waals surface area contributed by atoms with Crippen molar-refractivity contribution in [3.05, 3.63) is 35.4 Å². The Labute approximate surface area is 118 Å². The van der Waals surface area contributed by atoms with Crippen molar-refractivity contribution in [1.82, 2.24) is 5.32 Å². The number of nitrogens with two attached hydrogens (primary N) is 1. The summed E-state index contributed by atoms with van der Waals surface area (Å²) in [6.07, 6.45) is 1.08. The molecular formula is C15H19N3O2. The molecule has 20 heavy (non-hydrogen) atoms. The number of nitriles is 1. The molecule has 0 aliphatic carbocycles. The van der Waals surface area contributed by atoms with Crippen LogP contribution in [0.15, 0.2) is 24.3 Å². The van der Waals surface area contributed by atoms with Crippen molar-refractivity contribution in [3.63, 3.8) is 0 Å². The average molecular weight is 273 g/mol. The van der Waals surface area contributed by atoms with E-state index in [2.05, 4.69) is 11.4 Å². The fourth-order valence-electron chi connectivity index (χ4n) is 2.23. The van der Waals surface area contributed by atoms with Gasteiger partial charge in [0.15, 0.2) is 0 Å². The summed E-state index contributed by atoms with van der Waals surface area (Å²) in [5.41, 5.74) is 6.86. The number of carbonyl (C=O) groups excluding carboxylic acids is 1. The predicted molar refractivity (Wildman–Crippen MR) is 74.7 cm³/mol. The highest BCUT2D eigenvalue weighted by molar-refractivity contribution is 5.86. The molecule has 5 heteroatoms. The average Bonchev–Trinajstić information content (AvgIpc) is 2.48. The maximum absolute atomic E-state index is 12.3. The van der Waals surface area contributed by atoms with Gasteiger partial charge in [-0.05, 0) is 37.5 Å². The fraction of sp³-hybridized carbons (Fsp3) is 0.467. The normalized spacial score (nSPS) is 18.9. The lowest BCUT2D eigenvalue weighted by Crippen LogP contribution is -2.57. The molecule has 1 aliphatic rings. The zero-order chi connectivity index (χ0) is 14.6. The first kappa shape index (κ1) is 14.5. The molecule has 1 amide bonds. The molecule has 1 atom stereocenters. The molecule has 0 bridgehead atoms. The number of ether oxygens (including phenoxy) is 1. The highest BCUT2D eigenvalue weighted by atomic mass is 16.5. The lowest BCUT2D eigenvalue weighted by Gasteiger charge is -2.33. The molecule has 0 radical (unpaired) electrons. The lowest BCUT2D eigenvalue weighted by atomic mass is 9.90. The summed E-state index contributed by atoms with van der Waals surface area (Å²) in [5, 5.41) is 11.7. The van der Waals surface area contributed by atoms with Crippen LogP contribution in [0.25, 0.3) is 0 Å². The van der Waals surface area contributed by atoms with Crippen LogP contribution >= 0.6 is 0 Å². The van der Waals surface area contributed by atoms with Gasteiger partial charge in [0.1, 0.15) is 0 Å². The molecule has 1 fully saturated rings. The summed E-state index contributed by atoms with van der Waals surface area (Å²) in [7, 11) is 0. The van der Waals surface area contributed by atoms with E-state index in [1.807, 2.05) is 19.1 Å². The van der Waals surface area contributed by atoms with Crippen molar-refractivity contribution >= 4 is 5.91 Å². The van der Waals surface area contributed by atoms with Crippen LogP contribution in [0.5, 0.6) is 0 Å². The van der Waals surface area contributed by atoms with E-state index in [4.69, 9.17) is 15.7 Å². The molecule has 2 rings (SSSR count). The first-order chi connectivity index (χ1) is 9.55. The zero-order valence-corrected chi connectivity index (χ0v) is 11.6. The number of hydrogen-bond donors (Lipinski definition) is 2. The molecule has 0 spiro atoms. The van der Waals surface area contributed by atoms with Crippen molar-refractivity contribution in [2.24, 2.45) is 5.73 Å². The van der Waals surface area contributed by atoms with Gasteiger partial charge in [-0.2, -0.15) is 5.26 Å². The first-order valence-corrected chi connectivity index (χ1v) is 6.73. The topological polar surface area (TPSA) is 88.1 Å². The van der Waals surface area contributed by atoms with Gasteiger partial charge < -0.3 is 15.8 Å². The molecule has 0 saturated carbocycles. The summed E-state index contributed by atoms with van der Waals surface area (Å²) in [5.74, 6) is -0.141. The van der Waals surface area contributed by atoms with Gasteiger partial charge in [-0.25, -0.2) is 0 Å². The van der Waals surface area contributed by atoms with Crippen LogP contribution in [0, 0.1) is 11.3 Å². The third-order valence-electron chi connectivity index (χ3n) is 3.72. The van der Waals surface area contributed by atoms with E-state index >= 15 is 0 Å². The third-order valence-corrected chi connectivity index (χ3v) is 3.72. The van der Waals surface area contributed by atoms with Crippen molar-refractivity contribution in [2.45, 2.75) is 31.3 Å². The van der Waals surface area contributed by atoms with Gasteiger partial charge in [0.2, 0.25) is 5.91 Å². The molecule has 1 saturated heterocycles. The van der Waals surface area contributed by atoms with Crippen LogP contribution in [0.2, 0.25) is 0 Å². The van der Waals surface area contributed by atoms with Crippen molar-refractivity contribution in [1.29, 1.82) is 5.26 Å². The van der Waals surface area contributed by atoms with E-state index in [9.17, 15) is 4.79 Å². The fourth-order valence-corrected chi connectivity index (χ4v) is 2.23. The standard InChI is InChI=1S/C15H19N3O2/c1-11(13-4-2-12(10-16)3-5-13)18-14(19)15(17)6-8-20-9-7-15/h2-5,11H,6-9,17H2,1H3,(H,18,19). The Kier molecular flexibility index (Phi) is 4.38. The van der Waals surface area contributed by atoms with Crippen LogP contribution < -0.4 is 11.1 Å². The van der Waals surface area contributed by atoms with Crippen LogP contribution in [0.1, 0.15) is 36.9 Å². The minimum absolute atomic E-state index is 0.140. The van der Waals surface area contributed by atoms with Gasteiger partial charge in [0.05, 0.1) is 23.2 Å². The largest absolute Gasteiger partial charge is 0.381 e. The van der Waals surface area contributed by atoms with Crippen molar-refractivity contribution in [3.8, 4) is 6.07 Å². The molecule has 1 aromatic rings. The Morgan fingerprint density at radius 1 is 1.40 bits per heavy atom. The van der Waals surface area contributed by atoms with Crippen molar-refractivity contribution < 1.29 is 9.53 Å². The van der Waals surface area contributed by atoms with Crippen LogP contribution in [-0.4, -0.2) is 24.7 Å². The molecule has 5 nitrogen and oxygen atoms in total. The van der Waals surface area contributed by atoms with Gasteiger partial charge in [-0.3, -0.25) is 4.79 Å². The summed E-state index contributed by atoms with van der Waals surface area (Å²) in [4.78, 5) is 12.3. The van der Waals surface area contributed by atoms with E-state index in [-0.39, 0.29) is 11.9 Å². The Morgan fingerprint density at radius 2 is 2.00 bits per heavy atom. The van der Waals surface area contributed by atoms with Gasteiger partial charge in [0, 0.05) is 13.2 Å². The molecule has 106 valence electrons. The maximum atomic E-state index is 12.3. The monoisotopic (exact) mass is 273 g/mol. The summed E-state index contributed by atoms with van der Waals surface area (Å²) in [6.45, 7) is 2.95. The predicted octanol–water partition coefficient (Wildman–Crippen LogP) is 1.24. The lowest BCUT2D eigenvalue weighted by molar-refractivity contribution is -0.130. The number of amides is 1. The zero-order valence-electron chi connectivity index (χ0n) is 11.6. The van der Waals surface area contributed by atoms with Gasteiger partial charge in [-0.15, -0.1) is 0 Å². The van der Waals surface area contributed by atoms with Gasteiger partial charge in [0.25, 0.3) is 0 Å². The van der Waals surface area contributed by atoms with E-state index in [0.717, 1.165) is 5.56 Å². The number of rotatable bonds is 3. The summed E-state index contributed by atoms with van der Waals surface area (Å²) < 4.78 is 5.24. The van der Waals surface area contributed by atoms with E-state index in [0.29, 0.717) is 31.6 Å².